The summed E-state index contributed by atoms with van der Waals surface area (Å²) in [6, 6.07) is -0.322. The zero-order valence-electron chi connectivity index (χ0n) is 16.6. The molecular weight excluding hydrogens is 362 g/mol. The largest absolute Gasteiger partial charge is 0.480 e. The van der Waals surface area contributed by atoms with E-state index in [1.165, 1.54) is 0 Å². The third-order valence-corrected chi connectivity index (χ3v) is 6.28. The molecule has 8 heteroatoms. The minimum atomic E-state index is -0.969. The van der Waals surface area contributed by atoms with Crippen LogP contribution in [0, 0.1) is 5.92 Å². The predicted octanol–water partition coefficient (Wildman–Crippen LogP) is 0.849. The van der Waals surface area contributed by atoms with Gasteiger partial charge in [0, 0.05) is 26.1 Å². The van der Waals surface area contributed by atoms with Crippen LogP contribution in [0.2, 0.25) is 0 Å². The van der Waals surface area contributed by atoms with Crippen molar-refractivity contribution in [2.45, 2.75) is 63.5 Å². The van der Waals surface area contributed by atoms with Gasteiger partial charge < -0.3 is 25.0 Å². The van der Waals surface area contributed by atoms with Crippen LogP contribution >= 0.6 is 0 Å². The van der Waals surface area contributed by atoms with Crippen molar-refractivity contribution >= 4 is 17.8 Å². The SMILES string of the molecule is O=C(O)COC1CCN(C(=O)[C@@H]2CCCN2C(=O)CCC2CCNCC2)CC1. The van der Waals surface area contributed by atoms with Crippen molar-refractivity contribution in [1.29, 1.82) is 0 Å². The van der Waals surface area contributed by atoms with Crippen LogP contribution in [0.3, 0.4) is 0 Å². The van der Waals surface area contributed by atoms with Crippen molar-refractivity contribution < 1.29 is 24.2 Å². The van der Waals surface area contributed by atoms with Gasteiger partial charge in [-0.2, -0.15) is 0 Å². The van der Waals surface area contributed by atoms with Gasteiger partial charge in [0.2, 0.25) is 11.8 Å². The van der Waals surface area contributed by atoms with Crippen molar-refractivity contribution in [2.75, 3.05) is 39.3 Å². The summed E-state index contributed by atoms with van der Waals surface area (Å²) in [6.45, 7) is 3.60. The van der Waals surface area contributed by atoms with Gasteiger partial charge in [0.15, 0.2) is 0 Å². The molecule has 28 heavy (non-hydrogen) atoms. The molecule has 0 aromatic carbocycles. The van der Waals surface area contributed by atoms with Crippen LogP contribution in [-0.4, -0.2) is 84.2 Å². The molecule has 2 amide bonds. The fourth-order valence-electron chi connectivity index (χ4n) is 4.61. The van der Waals surface area contributed by atoms with Crippen LogP contribution in [0.15, 0.2) is 0 Å². The third kappa shape index (κ3) is 5.67. The molecular formula is C20H33N3O5. The van der Waals surface area contributed by atoms with Crippen LogP contribution in [0.1, 0.15) is 51.4 Å². The Morgan fingerprint density at radius 2 is 1.71 bits per heavy atom. The van der Waals surface area contributed by atoms with Gasteiger partial charge in [0.05, 0.1) is 6.10 Å². The molecule has 0 aromatic heterocycles. The zero-order chi connectivity index (χ0) is 19.9. The maximum absolute atomic E-state index is 13.0. The second-order valence-corrected chi connectivity index (χ2v) is 8.21. The number of hydrogen-bond acceptors (Lipinski definition) is 5. The molecule has 3 fully saturated rings. The molecule has 3 heterocycles. The van der Waals surface area contributed by atoms with Gasteiger partial charge in [-0.1, -0.05) is 0 Å². The molecule has 3 aliphatic heterocycles. The zero-order valence-corrected chi connectivity index (χ0v) is 16.6. The highest BCUT2D eigenvalue weighted by Crippen LogP contribution is 2.25. The number of hydrogen-bond donors (Lipinski definition) is 2. The van der Waals surface area contributed by atoms with Gasteiger partial charge in [-0.15, -0.1) is 0 Å². The fraction of sp³-hybridized carbons (Fsp3) is 0.850. The van der Waals surface area contributed by atoms with Crippen LogP contribution in [-0.2, 0) is 19.1 Å². The van der Waals surface area contributed by atoms with Gasteiger partial charge in [0.1, 0.15) is 12.6 Å². The van der Waals surface area contributed by atoms with E-state index >= 15 is 0 Å². The summed E-state index contributed by atoms with van der Waals surface area (Å²) < 4.78 is 5.34. The molecule has 0 aromatic rings. The molecule has 2 N–H and O–H groups in total. The van der Waals surface area contributed by atoms with Crippen LogP contribution in [0.5, 0.6) is 0 Å². The van der Waals surface area contributed by atoms with Crippen molar-refractivity contribution in [3.63, 3.8) is 0 Å². The summed E-state index contributed by atoms with van der Waals surface area (Å²) in [5.41, 5.74) is 0. The number of piperidine rings is 2. The second kappa shape index (κ2) is 10.2. The summed E-state index contributed by atoms with van der Waals surface area (Å²) in [4.78, 5) is 40.0. The number of carbonyl (C=O) groups excluding carboxylic acids is 2. The number of nitrogens with one attached hydrogen (secondary N) is 1. The maximum Gasteiger partial charge on any atom is 0.329 e. The first kappa shape index (κ1) is 21.0. The first-order valence-corrected chi connectivity index (χ1v) is 10.7. The smallest absolute Gasteiger partial charge is 0.329 e. The number of nitrogens with zero attached hydrogens (tertiary/aromatic N) is 2. The minimum Gasteiger partial charge on any atom is -0.480 e. The molecule has 3 saturated heterocycles. The Labute approximate surface area is 166 Å². The van der Waals surface area contributed by atoms with Gasteiger partial charge in [-0.3, -0.25) is 9.59 Å². The summed E-state index contributed by atoms with van der Waals surface area (Å²) in [6.07, 6.45) is 6.55. The lowest BCUT2D eigenvalue weighted by molar-refractivity contribution is -0.149. The van der Waals surface area contributed by atoms with Gasteiger partial charge in [-0.05, 0) is 64.0 Å². The van der Waals surface area contributed by atoms with Crippen molar-refractivity contribution in [2.24, 2.45) is 5.92 Å². The molecule has 0 unspecified atom stereocenters. The number of carboxylic acid groups (broad SMARTS) is 1. The second-order valence-electron chi connectivity index (χ2n) is 8.21. The molecule has 3 aliphatic rings. The first-order chi connectivity index (χ1) is 13.5. The summed E-state index contributed by atoms with van der Waals surface area (Å²) in [5, 5.41) is 12.1. The number of rotatable bonds is 7. The Morgan fingerprint density at radius 1 is 1.00 bits per heavy atom. The number of aliphatic carboxylic acids is 1. The van der Waals surface area contributed by atoms with E-state index < -0.39 is 5.97 Å². The van der Waals surface area contributed by atoms with E-state index in [1.807, 2.05) is 4.90 Å². The molecule has 0 aliphatic carbocycles. The van der Waals surface area contributed by atoms with E-state index in [-0.39, 0.29) is 30.6 Å². The van der Waals surface area contributed by atoms with Crippen LogP contribution in [0.25, 0.3) is 0 Å². The Balaban J connectivity index is 1.45. The molecule has 0 spiro atoms. The van der Waals surface area contributed by atoms with Crippen LogP contribution in [0.4, 0.5) is 0 Å². The topological polar surface area (TPSA) is 99.2 Å². The Morgan fingerprint density at radius 3 is 2.39 bits per heavy atom. The Kier molecular flexibility index (Phi) is 7.67. The molecule has 0 radical (unpaired) electrons. The normalized spacial score (nSPS) is 24.5. The van der Waals surface area contributed by atoms with E-state index in [9.17, 15) is 14.4 Å². The molecule has 158 valence electrons. The van der Waals surface area contributed by atoms with E-state index in [4.69, 9.17) is 9.84 Å². The lowest BCUT2D eigenvalue weighted by atomic mass is 9.93. The number of carboxylic acids is 1. The van der Waals surface area contributed by atoms with E-state index in [1.54, 1.807) is 4.90 Å². The van der Waals surface area contributed by atoms with Crippen molar-refractivity contribution in [1.82, 2.24) is 15.1 Å². The quantitative estimate of drug-likeness (QED) is 0.663. The Bertz CT molecular complexity index is 556. The lowest BCUT2D eigenvalue weighted by Gasteiger charge is -2.35. The van der Waals surface area contributed by atoms with E-state index in [0.29, 0.717) is 44.8 Å². The number of carbonyl (C=O) groups is 3. The summed E-state index contributed by atoms with van der Waals surface area (Å²) in [5.74, 6) is -0.187. The van der Waals surface area contributed by atoms with Crippen molar-refractivity contribution in [3.05, 3.63) is 0 Å². The molecule has 3 rings (SSSR count). The lowest BCUT2D eigenvalue weighted by Crippen LogP contribution is -2.50. The van der Waals surface area contributed by atoms with Crippen molar-refractivity contribution in [3.8, 4) is 0 Å². The molecule has 0 bridgehead atoms. The monoisotopic (exact) mass is 395 g/mol. The predicted molar refractivity (Wildman–Crippen MR) is 103 cm³/mol. The highest BCUT2D eigenvalue weighted by Gasteiger charge is 2.37. The molecule has 1 atom stereocenters. The fourth-order valence-corrected chi connectivity index (χ4v) is 4.61. The van der Waals surface area contributed by atoms with Crippen LogP contribution < -0.4 is 5.32 Å². The minimum absolute atomic E-state index is 0.0457. The average molecular weight is 396 g/mol. The first-order valence-electron chi connectivity index (χ1n) is 10.7. The highest BCUT2D eigenvalue weighted by atomic mass is 16.5. The number of amides is 2. The number of ether oxygens (including phenoxy) is 1. The molecule has 0 saturated carbocycles. The highest BCUT2D eigenvalue weighted by molar-refractivity contribution is 5.88. The summed E-state index contributed by atoms with van der Waals surface area (Å²) >= 11 is 0. The van der Waals surface area contributed by atoms with E-state index in [2.05, 4.69) is 5.32 Å². The van der Waals surface area contributed by atoms with E-state index in [0.717, 1.165) is 45.2 Å². The van der Waals surface area contributed by atoms with Gasteiger partial charge in [0.25, 0.3) is 0 Å². The van der Waals surface area contributed by atoms with Gasteiger partial charge in [-0.25, -0.2) is 4.79 Å². The third-order valence-electron chi connectivity index (χ3n) is 6.28. The standard InChI is InChI=1S/C20H33N3O5/c24-18(4-3-15-5-9-21-10-6-15)23-11-1-2-17(23)20(27)22-12-7-16(8-13-22)28-14-19(25)26/h15-17,21H,1-14H2,(H,25,26)/t17-/m0/s1. The summed E-state index contributed by atoms with van der Waals surface area (Å²) in [7, 11) is 0. The maximum atomic E-state index is 13.0. The average Bonchev–Trinajstić information content (AvgIpc) is 3.21. The number of likely N-dealkylation sites (tertiary alicyclic amines) is 2. The van der Waals surface area contributed by atoms with Gasteiger partial charge >= 0.3 is 5.97 Å². The molecule has 8 nitrogen and oxygen atoms in total. The Hall–Kier alpha value is -1.67.